The third-order valence-electron chi connectivity index (χ3n) is 2.47. The maximum atomic E-state index is 9.75. The Morgan fingerprint density at radius 3 is 0.846 bits per heavy atom. The fourth-order valence-corrected chi connectivity index (χ4v) is 1.48. The third-order valence-corrected chi connectivity index (χ3v) is 2.47. The Labute approximate surface area is 167 Å². The first-order valence-electron chi connectivity index (χ1n) is 7.87. The maximum Gasteiger partial charge on any atom is 0.673 e. The molecule has 0 atom stereocenters. The second-order valence-electron chi connectivity index (χ2n) is 4.64. The summed E-state index contributed by atoms with van der Waals surface area (Å²) in [7, 11) is -6.00. The zero-order chi connectivity index (χ0) is 18.6. The van der Waals surface area contributed by atoms with Gasteiger partial charge in [-0.25, -0.2) is 0 Å². The normalized spacial score (nSPS) is 13.4. The molecule has 3 rings (SSSR count). The largest absolute Gasteiger partial charge is 0.673 e. The molecule has 0 N–H and O–H groups in total. The van der Waals surface area contributed by atoms with Gasteiger partial charge >= 0.3 is 7.25 Å². The van der Waals surface area contributed by atoms with Crippen LogP contribution in [0.1, 0.15) is 25.7 Å². The standard InChI is InChI=1S/C8H12.2C5H5N.BF4.Ir/c1-2-4-6-8-7-5-3-1;2*1-2-4-6-5-3-1;2-1(3,4)5;/h1-2,7-8H,3-6H2;2*1-5H;;/q;;;-1;. The molecule has 0 amide bonds. The van der Waals surface area contributed by atoms with Gasteiger partial charge in [-0.05, 0) is 75.6 Å². The van der Waals surface area contributed by atoms with E-state index in [0.717, 1.165) is 0 Å². The first-order chi connectivity index (χ1) is 12.0. The van der Waals surface area contributed by atoms with Gasteiger partial charge in [0.25, 0.3) is 0 Å². The topological polar surface area (TPSA) is 25.8 Å². The summed E-state index contributed by atoms with van der Waals surface area (Å²) < 4.78 is 39.0. The zero-order valence-corrected chi connectivity index (χ0v) is 16.6. The summed E-state index contributed by atoms with van der Waals surface area (Å²) in [5.74, 6) is 0. The molecule has 0 bridgehead atoms. The molecule has 2 aromatic rings. The van der Waals surface area contributed by atoms with Crippen LogP contribution in [0, 0.1) is 25.7 Å². The molecule has 5 radical (unpaired) electrons. The van der Waals surface area contributed by atoms with Crippen LogP contribution in [0.15, 0.2) is 61.2 Å². The molecule has 26 heavy (non-hydrogen) atoms. The van der Waals surface area contributed by atoms with Crippen LogP contribution in [0.25, 0.3) is 0 Å². The van der Waals surface area contributed by atoms with Crippen LogP contribution in [0.2, 0.25) is 0 Å². The molecule has 0 aromatic carbocycles. The second-order valence-corrected chi connectivity index (χ2v) is 4.64. The van der Waals surface area contributed by atoms with Gasteiger partial charge in [-0.1, -0.05) is 12.1 Å². The van der Waals surface area contributed by atoms with Crippen molar-refractivity contribution in [2.75, 3.05) is 0 Å². The maximum absolute atomic E-state index is 9.75. The molecule has 0 spiro atoms. The van der Waals surface area contributed by atoms with Crippen molar-refractivity contribution in [1.29, 1.82) is 0 Å². The zero-order valence-electron chi connectivity index (χ0n) is 14.2. The van der Waals surface area contributed by atoms with Gasteiger partial charge in [0.15, 0.2) is 0 Å². The molecular weight excluding hydrogens is 523 g/mol. The summed E-state index contributed by atoms with van der Waals surface area (Å²) >= 11 is 0. The van der Waals surface area contributed by atoms with Crippen molar-refractivity contribution in [1.82, 2.24) is 9.97 Å². The minimum Gasteiger partial charge on any atom is -0.418 e. The van der Waals surface area contributed by atoms with Gasteiger partial charge in [0.05, 0.1) is 0 Å². The summed E-state index contributed by atoms with van der Waals surface area (Å²) in [6.07, 6.45) is 21.0. The van der Waals surface area contributed by atoms with Gasteiger partial charge in [0, 0.05) is 44.9 Å². The van der Waals surface area contributed by atoms with Crippen molar-refractivity contribution in [3.05, 3.63) is 86.9 Å². The SMILES string of the molecule is F[B-](F)(F)F.[CH]1[CH]CC[CH][CH]CC1.[Ir].c1ccncc1.c1ccncc1. The van der Waals surface area contributed by atoms with Crippen molar-refractivity contribution >= 4 is 7.25 Å². The van der Waals surface area contributed by atoms with Crippen molar-refractivity contribution in [2.24, 2.45) is 0 Å². The van der Waals surface area contributed by atoms with Crippen molar-refractivity contribution in [3.63, 3.8) is 0 Å². The predicted molar refractivity (Wildman–Crippen MR) is 94.3 cm³/mol. The van der Waals surface area contributed by atoms with Crippen molar-refractivity contribution in [3.8, 4) is 0 Å². The van der Waals surface area contributed by atoms with E-state index in [1.165, 1.54) is 25.7 Å². The van der Waals surface area contributed by atoms with E-state index >= 15 is 0 Å². The van der Waals surface area contributed by atoms with Crippen LogP contribution in [-0.4, -0.2) is 17.2 Å². The van der Waals surface area contributed by atoms with Crippen LogP contribution < -0.4 is 0 Å². The van der Waals surface area contributed by atoms with Gasteiger partial charge in [0.1, 0.15) is 0 Å². The van der Waals surface area contributed by atoms with Crippen LogP contribution in [0.4, 0.5) is 17.3 Å². The second kappa shape index (κ2) is 20.1. The first kappa shape index (κ1) is 27.0. The van der Waals surface area contributed by atoms with Crippen LogP contribution in [-0.2, 0) is 20.1 Å². The van der Waals surface area contributed by atoms with E-state index in [1.54, 1.807) is 24.8 Å². The van der Waals surface area contributed by atoms with Gasteiger partial charge in [-0.2, -0.15) is 0 Å². The molecule has 0 unspecified atom stereocenters. The van der Waals surface area contributed by atoms with Gasteiger partial charge in [0.2, 0.25) is 0 Å². The Bertz CT molecular complexity index is 361. The molecule has 0 saturated heterocycles. The Hall–Kier alpha value is -1.27. The van der Waals surface area contributed by atoms with E-state index in [1.807, 2.05) is 36.4 Å². The molecule has 2 nitrogen and oxygen atoms in total. The summed E-state index contributed by atoms with van der Waals surface area (Å²) in [5, 5.41) is 0. The summed E-state index contributed by atoms with van der Waals surface area (Å²) in [5.41, 5.74) is 0. The minimum atomic E-state index is -6.00. The first-order valence-corrected chi connectivity index (χ1v) is 7.87. The number of hydrogen-bond acceptors (Lipinski definition) is 2. The van der Waals surface area contributed by atoms with Gasteiger partial charge in [-0.15, -0.1) is 0 Å². The number of rotatable bonds is 0. The molecule has 1 fully saturated rings. The quantitative estimate of drug-likeness (QED) is 0.307. The smallest absolute Gasteiger partial charge is 0.418 e. The monoisotopic (exact) mass is 546 g/mol. The number of aromatic nitrogens is 2. The number of pyridine rings is 2. The summed E-state index contributed by atoms with van der Waals surface area (Å²) in [4.78, 5) is 7.57. The number of halogens is 4. The molecule has 1 aliphatic carbocycles. The van der Waals surface area contributed by atoms with Gasteiger partial charge in [-0.3, -0.25) is 9.97 Å². The average Bonchev–Trinajstić information content (AvgIpc) is 2.57. The van der Waals surface area contributed by atoms with Crippen molar-refractivity contribution < 1.29 is 37.4 Å². The molecular formula is C18H22BF4IrN2-. The Kier molecular flexibility index (Phi) is 20.8. The molecule has 2 aromatic heterocycles. The third kappa shape index (κ3) is 30.6. The number of nitrogens with zero attached hydrogens (tertiary/aromatic N) is 2. The van der Waals surface area contributed by atoms with Crippen LogP contribution in [0.3, 0.4) is 0 Å². The molecule has 0 aliphatic heterocycles. The Morgan fingerprint density at radius 1 is 0.500 bits per heavy atom. The van der Waals surface area contributed by atoms with E-state index in [0.29, 0.717) is 0 Å². The molecule has 145 valence electrons. The van der Waals surface area contributed by atoms with Crippen LogP contribution >= 0.6 is 0 Å². The summed E-state index contributed by atoms with van der Waals surface area (Å²) in [6, 6.07) is 11.4. The van der Waals surface area contributed by atoms with E-state index in [-0.39, 0.29) is 20.1 Å². The number of hydrogen-bond donors (Lipinski definition) is 0. The Balaban J connectivity index is 0. The fraction of sp³-hybridized carbons (Fsp3) is 0.222. The Morgan fingerprint density at radius 2 is 0.731 bits per heavy atom. The van der Waals surface area contributed by atoms with E-state index in [9.17, 15) is 17.3 Å². The van der Waals surface area contributed by atoms with E-state index < -0.39 is 7.25 Å². The van der Waals surface area contributed by atoms with Crippen LogP contribution in [0.5, 0.6) is 0 Å². The van der Waals surface area contributed by atoms with Crippen molar-refractivity contribution in [2.45, 2.75) is 25.7 Å². The summed E-state index contributed by atoms with van der Waals surface area (Å²) in [6.45, 7) is 0. The van der Waals surface area contributed by atoms with Gasteiger partial charge < -0.3 is 17.3 Å². The average molecular weight is 545 g/mol. The predicted octanol–water partition coefficient (Wildman–Crippen LogP) is 5.84. The molecule has 1 saturated carbocycles. The molecule has 8 heteroatoms. The van der Waals surface area contributed by atoms with E-state index in [4.69, 9.17) is 0 Å². The minimum absolute atomic E-state index is 0. The fourth-order valence-electron chi connectivity index (χ4n) is 1.48. The molecule has 2 heterocycles. The van der Waals surface area contributed by atoms with E-state index in [2.05, 4.69) is 35.7 Å². The molecule has 1 aliphatic rings.